The second-order valence-corrected chi connectivity index (χ2v) is 9.28. The summed E-state index contributed by atoms with van der Waals surface area (Å²) in [6.45, 7) is 4.82. The molecule has 1 saturated heterocycles. The van der Waals surface area contributed by atoms with Crippen LogP contribution in [0.3, 0.4) is 0 Å². The van der Waals surface area contributed by atoms with Crippen LogP contribution in [-0.2, 0) is 48.4 Å². The summed E-state index contributed by atoms with van der Waals surface area (Å²) in [5.41, 5.74) is 3.28. The maximum Gasteiger partial charge on any atom is 0.334 e. The number of carbonyl (C=O) groups is 1. The molecule has 0 bridgehead atoms. The van der Waals surface area contributed by atoms with Crippen molar-refractivity contribution in [2.75, 3.05) is 32.9 Å². The van der Waals surface area contributed by atoms with Crippen LogP contribution in [0.1, 0.15) is 23.6 Å². The first-order valence-electron chi connectivity index (χ1n) is 13.2. The number of benzene rings is 3. The fraction of sp³-hybridized carbons (Fsp3) is 0.387. The van der Waals surface area contributed by atoms with Gasteiger partial charge in [0.2, 0.25) is 0 Å². The number of piperidine rings is 1. The van der Waals surface area contributed by atoms with E-state index in [4.69, 9.17) is 23.8 Å². The van der Waals surface area contributed by atoms with Gasteiger partial charge in [-0.2, -0.15) is 5.06 Å². The molecule has 3 atom stereocenters. The lowest BCUT2D eigenvalue weighted by Crippen LogP contribution is -2.55. The number of ether oxygens (including phenoxy) is 4. The molecule has 7 nitrogen and oxygen atoms in total. The monoisotopic (exact) mass is 519 g/mol. The van der Waals surface area contributed by atoms with Crippen LogP contribution in [0.15, 0.2) is 91.0 Å². The van der Waals surface area contributed by atoms with Crippen molar-refractivity contribution < 1.29 is 28.6 Å². The van der Waals surface area contributed by atoms with Gasteiger partial charge in [0, 0.05) is 12.5 Å². The van der Waals surface area contributed by atoms with Gasteiger partial charge in [0.15, 0.2) is 6.61 Å². The zero-order chi connectivity index (χ0) is 26.4. The van der Waals surface area contributed by atoms with Crippen LogP contribution in [0.2, 0.25) is 0 Å². The normalized spacial score (nSPS) is 19.8. The van der Waals surface area contributed by atoms with Crippen molar-refractivity contribution in [3.63, 3.8) is 0 Å². The lowest BCUT2D eigenvalue weighted by Gasteiger charge is -2.42. The van der Waals surface area contributed by atoms with Crippen molar-refractivity contribution in [3.8, 4) is 0 Å². The number of esters is 1. The maximum atomic E-state index is 12.0. The van der Waals surface area contributed by atoms with Gasteiger partial charge in [-0.3, -0.25) is 4.84 Å². The number of hydrogen-bond donors (Lipinski definition) is 0. The summed E-state index contributed by atoms with van der Waals surface area (Å²) in [5, 5.41) is 1.78. The van der Waals surface area contributed by atoms with Gasteiger partial charge in [-0.05, 0) is 23.6 Å². The number of nitrogens with zero attached hydrogens (tertiary/aromatic N) is 1. The smallest absolute Gasteiger partial charge is 0.334 e. The predicted octanol–water partition coefficient (Wildman–Crippen LogP) is 4.80. The average molecular weight is 520 g/mol. The van der Waals surface area contributed by atoms with Crippen molar-refractivity contribution in [1.82, 2.24) is 5.06 Å². The molecule has 1 aliphatic heterocycles. The minimum atomic E-state index is -0.395. The Kier molecular flexibility index (Phi) is 11.3. The van der Waals surface area contributed by atoms with Crippen LogP contribution in [0.25, 0.3) is 0 Å². The Labute approximate surface area is 225 Å². The van der Waals surface area contributed by atoms with Crippen molar-refractivity contribution in [2.45, 2.75) is 39.0 Å². The van der Waals surface area contributed by atoms with E-state index in [-0.39, 0.29) is 24.7 Å². The predicted molar refractivity (Wildman–Crippen MR) is 144 cm³/mol. The molecule has 0 aromatic heterocycles. The van der Waals surface area contributed by atoms with E-state index in [1.807, 2.05) is 78.9 Å². The third kappa shape index (κ3) is 9.04. The Morgan fingerprint density at radius 2 is 1.32 bits per heavy atom. The summed E-state index contributed by atoms with van der Waals surface area (Å²) < 4.78 is 24.1. The van der Waals surface area contributed by atoms with Gasteiger partial charge in [-0.15, -0.1) is 0 Å². The molecule has 7 heteroatoms. The Balaban J connectivity index is 1.47. The van der Waals surface area contributed by atoms with Crippen LogP contribution < -0.4 is 0 Å². The molecule has 0 saturated carbocycles. The Morgan fingerprint density at radius 3 is 1.89 bits per heavy atom. The fourth-order valence-electron chi connectivity index (χ4n) is 4.49. The molecule has 0 spiro atoms. The van der Waals surface area contributed by atoms with Gasteiger partial charge >= 0.3 is 5.97 Å². The van der Waals surface area contributed by atoms with Crippen molar-refractivity contribution in [2.24, 2.45) is 5.92 Å². The highest BCUT2D eigenvalue weighted by molar-refractivity contribution is 5.70. The highest BCUT2D eigenvalue weighted by atomic mass is 16.7. The van der Waals surface area contributed by atoms with Crippen molar-refractivity contribution in [3.05, 3.63) is 108 Å². The van der Waals surface area contributed by atoms with Gasteiger partial charge < -0.3 is 18.9 Å². The van der Waals surface area contributed by atoms with Gasteiger partial charge in [0.05, 0.1) is 51.8 Å². The summed E-state index contributed by atoms with van der Waals surface area (Å²) >= 11 is 0. The molecule has 3 aromatic carbocycles. The van der Waals surface area contributed by atoms with E-state index in [1.165, 1.54) is 0 Å². The van der Waals surface area contributed by atoms with E-state index < -0.39 is 5.97 Å². The molecule has 0 aliphatic carbocycles. The zero-order valence-corrected chi connectivity index (χ0v) is 21.9. The largest absolute Gasteiger partial charge is 0.464 e. The van der Waals surface area contributed by atoms with Gasteiger partial charge in [-0.1, -0.05) is 91.0 Å². The van der Waals surface area contributed by atoms with Crippen molar-refractivity contribution in [1.29, 1.82) is 0 Å². The molecule has 4 rings (SSSR count). The molecule has 0 radical (unpaired) electrons. The maximum absolute atomic E-state index is 12.0. The number of rotatable bonds is 14. The molecule has 202 valence electrons. The molecule has 38 heavy (non-hydrogen) atoms. The van der Waals surface area contributed by atoms with E-state index in [9.17, 15) is 4.79 Å². The standard InChI is InChI=1S/C31H37NO6/c1-2-35-30(33)24-38-32-18-28(23-34-20-25-12-6-3-7-13-25)31(37-22-27-16-10-5-11-17-27)29(19-32)36-21-26-14-8-4-9-15-26/h3-17,28-29,31H,2,18-24H2,1H3/t28-,29-,31-/m1/s1. The minimum Gasteiger partial charge on any atom is -0.464 e. The minimum absolute atomic E-state index is 0.0425. The van der Waals surface area contributed by atoms with E-state index in [1.54, 1.807) is 12.0 Å². The average Bonchev–Trinajstić information content (AvgIpc) is 2.96. The fourth-order valence-corrected chi connectivity index (χ4v) is 4.49. The third-order valence-electron chi connectivity index (χ3n) is 6.36. The van der Waals surface area contributed by atoms with Crippen molar-refractivity contribution >= 4 is 5.97 Å². The van der Waals surface area contributed by atoms with Crippen LogP contribution >= 0.6 is 0 Å². The molecular formula is C31H37NO6. The Morgan fingerprint density at radius 1 is 0.763 bits per heavy atom. The summed E-state index contributed by atoms with van der Waals surface area (Å²) in [5.74, 6) is -0.437. The topological polar surface area (TPSA) is 66.5 Å². The Bertz CT molecular complexity index is 1070. The second kappa shape index (κ2) is 15.4. The van der Waals surface area contributed by atoms with E-state index in [0.29, 0.717) is 46.1 Å². The SMILES string of the molecule is CCOC(=O)CON1C[C@H](COCc2ccccc2)[C@@H](OCc2ccccc2)[C@H](OCc2ccccc2)C1. The third-order valence-corrected chi connectivity index (χ3v) is 6.36. The molecule has 1 fully saturated rings. The lowest BCUT2D eigenvalue weighted by molar-refractivity contribution is -0.246. The summed E-state index contributed by atoms with van der Waals surface area (Å²) in [6, 6.07) is 30.3. The number of hydrogen-bond acceptors (Lipinski definition) is 7. The van der Waals surface area contributed by atoms with Crippen LogP contribution in [0.4, 0.5) is 0 Å². The van der Waals surface area contributed by atoms with Gasteiger partial charge in [0.25, 0.3) is 0 Å². The van der Waals surface area contributed by atoms with E-state index in [0.717, 1.165) is 16.7 Å². The molecule has 0 N–H and O–H groups in total. The van der Waals surface area contributed by atoms with Crippen LogP contribution in [-0.4, -0.2) is 56.2 Å². The molecule has 0 unspecified atom stereocenters. The zero-order valence-electron chi connectivity index (χ0n) is 21.9. The first-order chi connectivity index (χ1) is 18.7. The summed E-state index contributed by atoms with van der Waals surface area (Å²) in [4.78, 5) is 17.8. The number of carbonyl (C=O) groups excluding carboxylic acids is 1. The van der Waals surface area contributed by atoms with Crippen LogP contribution in [0.5, 0.6) is 0 Å². The highest BCUT2D eigenvalue weighted by Gasteiger charge is 2.39. The summed E-state index contributed by atoms with van der Waals surface area (Å²) in [7, 11) is 0. The summed E-state index contributed by atoms with van der Waals surface area (Å²) in [6.07, 6.45) is -0.516. The quantitative estimate of drug-likeness (QED) is 0.284. The molecule has 3 aromatic rings. The molecule has 1 aliphatic rings. The first-order valence-corrected chi connectivity index (χ1v) is 13.2. The van der Waals surface area contributed by atoms with Crippen LogP contribution in [0, 0.1) is 5.92 Å². The molecule has 0 amide bonds. The first kappa shape index (κ1) is 28.0. The Hall–Kier alpha value is -3.07. The molecular weight excluding hydrogens is 482 g/mol. The van der Waals surface area contributed by atoms with E-state index >= 15 is 0 Å². The second-order valence-electron chi connectivity index (χ2n) is 9.28. The molecule has 1 heterocycles. The highest BCUT2D eigenvalue weighted by Crippen LogP contribution is 2.26. The lowest BCUT2D eigenvalue weighted by atomic mass is 9.93. The van der Waals surface area contributed by atoms with Gasteiger partial charge in [0.1, 0.15) is 0 Å². The van der Waals surface area contributed by atoms with Gasteiger partial charge in [-0.25, -0.2) is 4.79 Å². The number of hydroxylamine groups is 2. The van der Waals surface area contributed by atoms with E-state index in [2.05, 4.69) is 12.1 Å².